The lowest BCUT2D eigenvalue weighted by Gasteiger charge is -2.31. The van der Waals surface area contributed by atoms with Gasteiger partial charge < -0.3 is 9.84 Å². The summed E-state index contributed by atoms with van der Waals surface area (Å²) < 4.78 is 5.89. The molecule has 1 atom stereocenters. The summed E-state index contributed by atoms with van der Waals surface area (Å²) in [4.78, 5) is 7.42. The molecule has 190 valence electrons. The number of aromatic nitrogens is 3. The summed E-state index contributed by atoms with van der Waals surface area (Å²) in [6.07, 6.45) is 10.3. The Bertz CT molecular complexity index is 1470. The average molecular weight is 495 g/mol. The molecular weight excluding hydrogens is 460 g/mol. The van der Waals surface area contributed by atoms with E-state index in [0.717, 1.165) is 58.9 Å². The molecule has 0 spiro atoms. The van der Waals surface area contributed by atoms with Crippen LogP contribution in [0.5, 0.6) is 5.75 Å². The molecule has 1 saturated carbocycles. The van der Waals surface area contributed by atoms with Crippen molar-refractivity contribution in [2.45, 2.75) is 63.5 Å². The molecule has 1 fully saturated rings. The third-order valence-electron chi connectivity index (χ3n) is 8.82. The molecule has 1 unspecified atom stereocenters. The predicted octanol–water partition coefficient (Wildman–Crippen LogP) is 5.63. The SMILES string of the molecule is CC1(O)CCOc2cc(-c3[nH]nc4ncc(-c5ccc6c(c5)CCN(C5CCCC5)CC6)cc34)ccc21. The number of aromatic amines is 1. The Kier molecular flexibility index (Phi) is 5.56. The average Bonchev–Trinajstić information content (AvgIpc) is 3.54. The van der Waals surface area contributed by atoms with E-state index >= 15 is 0 Å². The second-order valence-electron chi connectivity index (χ2n) is 11.2. The summed E-state index contributed by atoms with van der Waals surface area (Å²) >= 11 is 0. The van der Waals surface area contributed by atoms with Gasteiger partial charge in [0.1, 0.15) is 5.75 Å². The molecule has 2 aliphatic heterocycles. The number of H-pyrrole nitrogens is 1. The van der Waals surface area contributed by atoms with Crippen molar-refractivity contribution in [3.05, 3.63) is 65.4 Å². The van der Waals surface area contributed by atoms with Crippen LogP contribution >= 0.6 is 0 Å². The second kappa shape index (κ2) is 8.96. The van der Waals surface area contributed by atoms with E-state index in [-0.39, 0.29) is 0 Å². The number of hydrogen-bond donors (Lipinski definition) is 2. The first kappa shape index (κ1) is 22.9. The maximum Gasteiger partial charge on any atom is 0.181 e. The molecule has 2 aromatic carbocycles. The van der Waals surface area contributed by atoms with Gasteiger partial charge in [0.05, 0.1) is 17.9 Å². The minimum atomic E-state index is -0.865. The van der Waals surface area contributed by atoms with E-state index in [1.54, 1.807) is 0 Å². The molecule has 6 heteroatoms. The van der Waals surface area contributed by atoms with Crippen LogP contribution in [-0.2, 0) is 18.4 Å². The minimum absolute atomic E-state index is 0.510. The molecule has 2 N–H and O–H groups in total. The van der Waals surface area contributed by atoms with Gasteiger partial charge in [-0.05, 0) is 61.4 Å². The van der Waals surface area contributed by atoms with Gasteiger partial charge in [-0.3, -0.25) is 10.00 Å². The number of fused-ring (bicyclic) bond motifs is 3. The summed E-state index contributed by atoms with van der Waals surface area (Å²) in [5.41, 5.74) is 7.85. The summed E-state index contributed by atoms with van der Waals surface area (Å²) in [5.74, 6) is 0.734. The third-order valence-corrected chi connectivity index (χ3v) is 8.82. The number of benzene rings is 2. The van der Waals surface area contributed by atoms with Crippen molar-refractivity contribution >= 4 is 11.0 Å². The Morgan fingerprint density at radius 1 is 0.973 bits per heavy atom. The van der Waals surface area contributed by atoms with Crippen LogP contribution in [0.4, 0.5) is 0 Å². The number of nitrogens with one attached hydrogen (secondary N) is 1. The Hall–Kier alpha value is -3.22. The highest BCUT2D eigenvalue weighted by atomic mass is 16.5. The molecule has 7 rings (SSSR count). The van der Waals surface area contributed by atoms with Crippen LogP contribution in [0.2, 0.25) is 0 Å². The summed E-state index contributed by atoms with van der Waals surface area (Å²) in [6, 6.07) is 15.9. The van der Waals surface area contributed by atoms with Crippen LogP contribution in [-0.4, -0.2) is 50.9 Å². The number of pyridine rings is 1. The first-order valence-corrected chi connectivity index (χ1v) is 13.8. The molecule has 3 aliphatic rings. The fourth-order valence-electron chi connectivity index (χ4n) is 6.57. The molecule has 4 aromatic rings. The van der Waals surface area contributed by atoms with Crippen molar-refractivity contribution < 1.29 is 9.84 Å². The van der Waals surface area contributed by atoms with Crippen LogP contribution in [0, 0.1) is 0 Å². The zero-order valence-electron chi connectivity index (χ0n) is 21.5. The lowest BCUT2D eigenvalue weighted by molar-refractivity contribution is 0.0147. The zero-order chi connectivity index (χ0) is 25.0. The van der Waals surface area contributed by atoms with Crippen molar-refractivity contribution in [1.29, 1.82) is 0 Å². The van der Waals surface area contributed by atoms with Crippen molar-refractivity contribution in [2.75, 3.05) is 19.7 Å². The monoisotopic (exact) mass is 494 g/mol. The standard InChI is InChI=1S/C31H34N4O2/c1-31(36)12-15-37-28-18-23(8-9-27(28)31)29-26-17-24(19-32-30(26)34-33-29)21-7-6-20-10-13-35(14-11-22(20)16-21)25-4-2-3-5-25/h6-9,16-19,25,36H,2-5,10-15H2,1H3,(H,32,33,34). The normalized spacial score (nSPS) is 22.4. The Morgan fingerprint density at radius 2 is 1.78 bits per heavy atom. The molecule has 2 aromatic heterocycles. The molecule has 37 heavy (non-hydrogen) atoms. The topological polar surface area (TPSA) is 74.3 Å². The largest absolute Gasteiger partial charge is 0.493 e. The summed E-state index contributed by atoms with van der Waals surface area (Å²) in [7, 11) is 0. The number of aliphatic hydroxyl groups is 1. The van der Waals surface area contributed by atoms with Gasteiger partial charge in [-0.25, -0.2) is 4.98 Å². The van der Waals surface area contributed by atoms with Gasteiger partial charge >= 0.3 is 0 Å². The van der Waals surface area contributed by atoms with Crippen LogP contribution in [0.1, 0.15) is 55.7 Å². The van der Waals surface area contributed by atoms with E-state index in [9.17, 15) is 5.11 Å². The van der Waals surface area contributed by atoms with E-state index in [4.69, 9.17) is 4.74 Å². The van der Waals surface area contributed by atoms with Gasteiger partial charge in [0.2, 0.25) is 0 Å². The summed E-state index contributed by atoms with van der Waals surface area (Å²) in [5, 5.41) is 19.4. The van der Waals surface area contributed by atoms with Gasteiger partial charge in [0.15, 0.2) is 5.65 Å². The van der Waals surface area contributed by atoms with Gasteiger partial charge in [-0.15, -0.1) is 0 Å². The van der Waals surface area contributed by atoms with Crippen LogP contribution in [0.25, 0.3) is 33.4 Å². The molecule has 1 aliphatic carbocycles. The van der Waals surface area contributed by atoms with Crippen LogP contribution in [0.3, 0.4) is 0 Å². The smallest absolute Gasteiger partial charge is 0.181 e. The van der Waals surface area contributed by atoms with E-state index in [2.05, 4.69) is 44.3 Å². The van der Waals surface area contributed by atoms with E-state index in [0.29, 0.717) is 18.7 Å². The highest BCUT2D eigenvalue weighted by Gasteiger charge is 2.31. The van der Waals surface area contributed by atoms with E-state index in [1.807, 2.05) is 31.3 Å². The van der Waals surface area contributed by atoms with Crippen LogP contribution in [0.15, 0.2) is 48.7 Å². The Labute approximate surface area is 217 Å². The number of nitrogens with zero attached hydrogens (tertiary/aromatic N) is 3. The molecule has 4 heterocycles. The van der Waals surface area contributed by atoms with E-state index in [1.165, 1.54) is 48.9 Å². The van der Waals surface area contributed by atoms with Crippen molar-refractivity contribution in [1.82, 2.24) is 20.1 Å². The Balaban J connectivity index is 1.20. The first-order valence-electron chi connectivity index (χ1n) is 13.8. The lowest BCUT2D eigenvalue weighted by Crippen LogP contribution is -2.35. The zero-order valence-corrected chi connectivity index (χ0v) is 21.5. The second-order valence-corrected chi connectivity index (χ2v) is 11.2. The van der Waals surface area contributed by atoms with E-state index < -0.39 is 5.60 Å². The fraction of sp³-hybridized carbons (Fsp3) is 0.419. The molecule has 6 nitrogen and oxygen atoms in total. The fourth-order valence-corrected chi connectivity index (χ4v) is 6.57. The maximum absolute atomic E-state index is 10.7. The maximum atomic E-state index is 10.7. The van der Waals surface area contributed by atoms with Crippen molar-refractivity contribution in [3.63, 3.8) is 0 Å². The van der Waals surface area contributed by atoms with Crippen LogP contribution < -0.4 is 4.74 Å². The molecule has 0 amide bonds. The van der Waals surface area contributed by atoms with Gasteiger partial charge in [-0.1, -0.05) is 43.2 Å². The summed E-state index contributed by atoms with van der Waals surface area (Å²) in [6.45, 7) is 4.71. The van der Waals surface area contributed by atoms with Gasteiger partial charge in [0.25, 0.3) is 0 Å². The first-order chi connectivity index (χ1) is 18.0. The Morgan fingerprint density at radius 3 is 2.65 bits per heavy atom. The third kappa shape index (κ3) is 4.12. The lowest BCUT2D eigenvalue weighted by atomic mass is 9.89. The quantitative estimate of drug-likeness (QED) is 0.386. The van der Waals surface area contributed by atoms with Crippen molar-refractivity contribution in [2.24, 2.45) is 0 Å². The number of hydrogen-bond acceptors (Lipinski definition) is 5. The minimum Gasteiger partial charge on any atom is -0.493 e. The molecule has 0 bridgehead atoms. The van der Waals surface area contributed by atoms with Crippen molar-refractivity contribution in [3.8, 4) is 28.1 Å². The van der Waals surface area contributed by atoms with Gasteiger partial charge in [-0.2, -0.15) is 5.10 Å². The number of ether oxygens (including phenoxy) is 1. The van der Waals surface area contributed by atoms with Gasteiger partial charge in [0, 0.05) is 53.8 Å². The molecule has 0 saturated heterocycles. The highest BCUT2D eigenvalue weighted by Crippen LogP contribution is 2.40. The molecule has 0 radical (unpaired) electrons. The molecular formula is C31H34N4O2. The highest BCUT2D eigenvalue weighted by molar-refractivity contribution is 5.93. The number of rotatable bonds is 3. The predicted molar refractivity (Wildman–Crippen MR) is 146 cm³/mol.